The van der Waals surface area contributed by atoms with E-state index in [1.807, 2.05) is 22.7 Å². The fourth-order valence-electron chi connectivity index (χ4n) is 1.58. The Labute approximate surface area is 104 Å². The summed E-state index contributed by atoms with van der Waals surface area (Å²) in [6.07, 6.45) is 4.80. The maximum absolute atomic E-state index is 3.93. The van der Waals surface area contributed by atoms with Gasteiger partial charge in [0, 0.05) is 16.8 Å². The molecule has 0 aliphatic carbocycles. The van der Waals surface area contributed by atoms with Crippen molar-refractivity contribution in [2.24, 2.45) is 0 Å². The van der Waals surface area contributed by atoms with Crippen molar-refractivity contribution in [3.63, 3.8) is 0 Å². The van der Waals surface area contributed by atoms with Crippen LogP contribution in [-0.4, -0.2) is 14.6 Å². The van der Waals surface area contributed by atoms with Crippen molar-refractivity contribution in [3.05, 3.63) is 60.6 Å². The van der Waals surface area contributed by atoms with Crippen LogP contribution < -0.4 is 0 Å². The molecule has 0 atom stereocenters. The lowest BCUT2D eigenvalue weighted by Crippen LogP contribution is -1.85. The quantitative estimate of drug-likeness (QED) is 0.659. The number of benzene rings is 1. The van der Waals surface area contributed by atoms with Crippen LogP contribution in [0.1, 0.15) is 5.56 Å². The molecule has 0 aliphatic heterocycles. The first kappa shape index (κ1) is 10.4. The molecule has 0 fully saturated rings. The Morgan fingerprint density at radius 1 is 1.12 bits per heavy atom. The topological polar surface area (TPSA) is 30.2 Å². The molecule has 0 unspecified atom stereocenters. The molecule has 0 spiro atoms. The predicted octanol–water partition coefficient (Wildman–Crippen LogP) is 2.82. The first-order chi connectivity index (χ1) is 8.42. The summed E-state index contributed by atoms with van der Waals surface area (Å²) in [4.78, 5) is 1.19. The third kappa shape index (κ3) is 2.31. The average molecular weight is 240 g/mol. The second kappa shape index (κ2) is 4.59. The van der Waals surface area contributed by atoms with Crippen LogP contribution in [0.2, 0.25) is 0 Å². The van der Waals surface area contributed by atoms with E-state index in [0.717, 1.165) is 11.4 Å². The lowest BCUT2D eigenvalue weighted by Gasteiger charge is -2.02. The Morgan fingerprint density at radius 3 is 2.88 bits per heavy atom. The number of hydrogen-bond acceptors (Lipinski definition) is 3. The SMILES string of the molecule is [c]1nnc2ccc(SCc3ccccc3)cn12. The van der Waals surface area contributed by atoms with Crippen molar-refractivity contribution in [1.82, 2.24) is 14.6 Å². The number of hydrogen-bond donors (Lipinski definition) is 0. The van der Waals surface area contributed by atoms with Crippen LogP contribution in [0.15, 0.2) is 53.6 Å². The Balaban J connectivity index is 1.76. The summed E-state index contributed by atoms with van der Waals surface area (Å²) < 4.78 is 1.81. The highest BCUT2D eigenvalue weighted by Crippen LogP contribution is 2.22. The third-order valence-corrected chi connectivity index (χ3v) is 3.51. The van der Waals surface area contributed by atoms with Crippen LogP contribution in [0.25, 0.3) is 5.65 Å². The van der Waals surface area contributed by atoms with Gasteiger partial charge >= 0.3 is 0 Å². The highest BCUT2D eigenvalue weighted by Gasteiger charge is 1.99. The summed E-state index contributed by atoms with van der Waals surface area (Å²) >= 11 is 1.80. The molecule has 0 saturated heterocycles. The Morgan fingerprint density at radius 2 is 2.00 bits per heavy atom. The monoisotopic (exact) mass is 240 g/mol. The number of pyridine rings is 1. The Bertz CT molecular complexity index is 619. The van der Waals surface area contributed by atoms with E-state index >= 15 is 0 Å². The summed E-state index contributed by atoms with van der Waals surface area (Å²) in [6, 6.07) is 14.4. The summed E-state index contributed by atoms with van der Waals surface area (Å²) in [5.41, 5.74) is 2.15. The van der Waals surface area contributed by atoms with E-state index in [1.54, 1.807) is 11.8 Å². The zero-order valence-corrected chi connectivity index (χ0v) is 9.89. The van der Waals surface area contributed by atoms with Gasteiger partial charge in [-0.15, -0.1) is 22.0 Å². The predicted molar refractivity (Wildman–Crippen MR) is 67.8 cm³/mol. The Kier molecular flexibility index (Phi) is 2.80. The highest BCUT2D eigenvalue weighted by atomic mass is 32.2. The van der Waals surface area contributed by atoms with Crippen LogP contribution in [-0.2, 0) is 5.75 Å². The molecule has 3 nitrogen and oxygen atoms in total. The van der Waals surface area contributed by atoms with E-state index in [0.29, 0.717) is 0 Å². The van der Waals surface area contributed by atoms with Gasteiger partial charge in [0.2, 0.25) is 6.33 Å². The zero-order valence-electron chi connectivity index (χ0n) is 9.08. The first-order valence-corrected chi connectivity index (χ1v) is 6.29. The van der Waals surface area contributed by atoms with Crippen molar-refractivity contribution in [3.8, 4) is 0 Å². The molecule has 1 aromatic carbocycles. The third-order valence-electron chi connectivity index (χ3n) is 2.45. The zero-order chi connectivity index (χ0) is 11.5. The number of aromatic nitrogens is 3. The van der Waals surface area contributed by atoms with E-state index in [-0.39, 0.29) is 0 Å². The number of thioether (sulfide) groups is 1. The van der Waals surface area contributed by atoms with E-state index in [1.165, 1.54) is 10.5 Å². The molecule has 0 N–H and O–H groups in total. The second-order valence-corrected chi connectivity index (χ2v) is 4.72. The summed E-state index contributed by atoms with van der Waals surface area (Å²) in [5, 5.41) is 7.67. The van der Waals surface area contributed by atoms with Crippen LogP contribution in [0.5, 0.6) is 0 Å². The van der Waals surface area contributed by atoms with Gasteiger partial charge in [-0.2, -0.15) is 0 Å². The molecule has 0 amide bonds. The van der Waals surface area contributed by atoms with Gasteiger partial charge in [0.1, 0.15) is 0 Å². The van der Waals surface area contributed by atoms with Crippen LogP contribution in [0.3, 0.4) is 0 Å². The molecule has 0 aliphatic rings. The summed E-state index contributed by atoms with van der Waals surface area (Å²) in [5.74, 6) is 0.967. The molecule has 0 saturated carbocycles. The van der Waals surface area contributed by atoms with Gasteiger partial charge < -0.3 is 0 Å². The smallest absolute Gasteiger partial charge is 0.206 e. The second-order valence-electron chi connectivity index (χ2n) is 3.67. The largest absolute Gasteiger partial charge is 0.279 e. The van der Waals surface area contributed by atoms with Gasteiger partial charge in [0.15, 0.2) is 5.65 Å². The molecule has 3 rings (SSSR count). The van der Waals surface area contributed by atoms with Crippen molar-refractivity contribution in [2.75, 3.05) is 0 Å². The van der Waals surface area contributed by atoms with Gasteiger partial charge in [-0.25, -0.2) is 0 Å². The van der Waals surface area contributed by atoms with E-state index in [2.05, 4.69) is 46.9 Å². The standard InChI is InChI=1S/C13H10N3S/c1-2-4-11(5-3-1)9-17-12-6-7-13-15-14-10-16(13)8-12/h1-8H,9H2. The minimum atomic E-state index is 0.828. The molecular weight excluding hydrogens is 230 g/mol. The lowest BCUT2D eigenvalue weighted by atomic mass is 10.2. The fourth-order valence-corrected chi connectivity index (χ4v) is 2.45. The van der Waals surface area contributed by atoms with Crippen molar-refractivity contribution in [2.45, 2.75) is 10.6 Å². The minimum absolute atomic E-state index is 0.828. The van der Waals surface area contributed by atoms with Gasteiger partial charge in [-0.3, -0.25) is 4.40 Å². The number of nitrogens with zero attached hydrogens (tertiary/aromatic N) is 3. The molecule has 1 radical (unpaired) electrons. The summed E-state index contributed by atoms with van der Waals surface area (Å²) in [6.45, 7) is 0. The first-order valence-electron chi connectivity index (χ1n) is 5.31. The van der Waals surface area contributed by atoms with E-state index in [4.69, 9.17) is 0 Å². The van der Waals surface area contributed by atoms with E-state index in [9.17, 15) is 0 Å². The van der Waals surface area contributed by atoms with Gasteiger partial charge in [-0.05, 0) is 17.7 Å². The number of fused-ring (bicyclic) bond motifs is 1. The van der Waals surface area contributed by atoms with Crippen LogP contribution in [0.4, 0.5) is 0 Å². The fraction of sp³-hybridized carbons (Fsp3) is 0.0769. The lowest BCUT2D eigenvalue weighted by molar-refractivity contribution is 1.07. The molecule has 3 aromatic rings. The maximum Gasteiger partial charge on any atom is 0.206 e. The van der Waals surface area contributed by atoms with Gasteiger partial charge in [0.25, 0.3) is 0 Å². The van der Waals surface area contributed by atoms with Crippen LogP contribution in [0, 0.1) is 6.33 Å². The van der Waals surface area contributed by atoms with Crippen molar-refractivity contribution < 1.29 is 0 Å². The molecule has 17 heavy (non-hydrogen) atoms. The normalized spacial score (nSPS) is 10.8. The van der Waals surface area contributed by atoms with E-state index < -0.39 is 0 Å². The molecular formula is C13H10N3S. The van der Waals surface area contributed by atoms with Crippen molar-refractivity contribution in [1.29, 1.82) is 0 Å². The molecule has 2 heterocycles. The van der Waals surface area contributed by atoms with Gasteiger partial charge in [0.05, 0.1) is 0 Å². The minimum Gasteiger partial charge on any atom is -0.279 e. The molecule has 0 bridgehead atoms. The maximum atomic E-state index is 3.93. The average Bonchev–Trinajstić information content (AvgIpc) is 2.85. The number of rotatable bonds is 3. The molecule has 4 heteroatoms. The van der Waals surface area contributed by atoms with Crippen LogP contribution >= 0.6 is 11.8 Å². The molecule has 83 valence electrons. The van der Waals surface area contributed by atoms with Gasteiger partial charge in [-0.1, -0.05) is 30.3 Å². The summed E-state index contributed by atoms with van der Waals surface area (Å²) in [7, 11) is 0. The molecule has 2 aromatic heterocycles. The Hall–Kier alpha value is -1.81. The van der Waals surface area contributed by atoms with Crippen molar-refractivity contribution >= 4 is 17.4 Å². The highest BCUT2D eigenvalue weighted by molar-refractivity contribution is 7.98.